The van der Waals surface area contributed by atoms with E-state index in [0.717, 1.165) is 33.3 Å². The van der Waals surface area contributed by atoms with Gasteiger partial charge in [-0.3, -0.25) is 28.5 Å². The number of allylic oxidation sites excluding steroid dienone is 2. The zero-order valence-electron chi connectivity index (χ0n) is 48.5. The normalized spacial score (nSPS) is 20.0. The van der Waals surface area contributed by atoms with Crippen molar-refractivity contribution < 1.29 is 70.9 Å². The molecule has 2 aromatic heterocycles. The molecule has 0 aliphatic carbocycles. The van der Waals surface area contributed by atoms with Crippen LogP contribution in [-0.2, 0) is 39.3 Å². The van der Waals surface area contributed by atoms with E-state index in [4.69, 9.17) is 80.7 Å². The van der Waals surface area contributed by atoms with E-state index in [-0.39, 0.29) is 91.9 Å². The molecule has 1 unspecified atom stereocenters. The molecule has 25 nitrogen and oxygen atoms in total. The molecule has 5 aromatic rings. The number of imidazole rings is 1. The third-order valence-corrected chi connectivity index (χ3v) is 19.4. The summed E-state index contributed by atoms with van der Waals surface area (Å²) in [4.78, 5) is 92.6. The molecule has 1 fully saturated rings. The number of nitrogens with one attached hydrogen (secondary N) is 3. The molecule has 9 N–H and O–H groups in total. The number of hydrogen-bond donors (Lipinski definition) is 8. The maximum Gasteiger partial charge on any atom is 0.481 e. The molecule has 0 radical (unpaired) electrons. The van der Waals surface area contributed by atoms with Gasteiger partial charge in [-0.25, -0.2) is 23.1 Å². The van der Waals surface area contributed by atoms with Crippen LogP contribution in [-0.4, -0.2) is 133 Å². The standard InChI is InChI=1S/C55H64Cl4N10O15P2/c1-11-68-32-20-34-30(18-28(32)26(3)22-54(68,5)6)38(31-19-29-27(4)23-55(7,8)69(12-2)33(29)21-35(31)81-34)39-40(42(57)44(59)43(58)41(39)56)50(73)65(9)17-13-14-37(70)61-15-16-62-53(74)83-47-36(24-80-86(78,79)84-85(75,76)77)82-51(46(47)71)67-25-66(10)45-48(67)63-52(60)64-49(45)72/h18-23,25,36,46-47,51,71H,11-17,24H2,1-10H3,(H6-2,60,61,62,63,64,70,72,74,75,76,77,78,79)/p+2/t36-,46-,47-,51-/m1/s1. The molecule has 462 valence electrons. The Morgan fingerprint density at radius 2 is 1.60 bits per heavy atom. The first-order valence-electron chi connectivity index (χ1n) is 27.2. The maximum absolute atomic E-state index is 15.1. The highest BCUT2D eigenvalue weighted by Gasteiger charge is 2.51. The molecule has 5 atom stereocenters. The average Bonchev–Trinajstić information content (AvgIpc) is 0.921. The van der Waals surface area contributed by atoms with Crippen molar-refractivity contribution in [3.05, 3.63) is 112 Å². The van der Waals surface area contributed by atoms with E-state index >= 15 is 4.79 Å². The molecule has 0 saturated carbocycles. The highest BCUT2D eigenvalue weighted by atomic mass is 35.5. The van der Waals surface area contributed by atoms with Gasteiger partial charge in [-0.1, -0.05) is 57.5 Å². The first kappa shape index (κ1) is 64.6. The largest absolute Gasteiger partial charge is 0.481 e. The summed E-state index contributed by atoms with van der Waals surface area (Å²) in [5, 5.41) is 17.8. The summed E-state index contributed by atoms with van der Waals surface area (Å²) in [7, 11) is -7.97. The van der Waals surface area contributed by atoms with Crippen LogP contribution in [0, 0.1) is 0 Å². The summed E-state index contributed by atoms with van der Waals surface area (Å²) in [6, 6.07) is 8.17. The molecular weight excluding hydrogens is 1240 g/mol. The third kappa shape index (κ3) is 12.5. The molecule has 4 aliphatic rings. The predicted molar refractivity (Wildman–Crippen MR) is 323 cm³/mol. The van der Waals surface area contributed by atoms with E-state index in [9.17, 15) is 33.5 Å². The van der Waals surface area contributed by atoms with Gasteiger partial charge in [0, 0.05) is 98.3 Å². The second kappa shape index (κ2) is 24.2. The van der Waals surface area contributed by atoms with Gasteiger partial charge in [-0.05, 0) is 77.3 Å². The topological polar surface area (TPSA) is 327 Å². The molecular formula is C55H66Cl4N10O15P2+2. The highest BCUT2D eigenvalue weighted by Crippen LogP contribution is 2.58. The van der Waals surface area contributed by atoms with Crippen molar-refractivity contribution >= 4 is 119 Å². The third-order valence-electron chi connectivity index (χ3n) is 15.5. The Balaban J connectivity index is 0.921. The number of alkyl carbamates (subject to hydrolysis) is 1. The number of carbonyl (C=O) groups is 3. The van der Waals surface area contributed by atoms with E-state index in [1.165, 1.54) is 27.4 Å². The van der Waals surface area contributed by atoms with Gasteiger partial charge in [0.2, 0.25) is 23.0 Å². The number of phosphoric ester groups is 1. The number of phosphoric acid groups is 2. The van der Waals surface area contributed by atoms with Crippen molar-refractivity contribution in [2.24, 2.45) is 7.05 Å². The predicted octanol–water partition coefficient (Wildman–Crippen LogP) is 6.07. The van der Waals surface area contributed by atoms with E-state index in [1.54, 1.807) is 7.05 Å². The zero-order chi connectivity index (χ0) is 63.0. The Morgan fingerprint density at radius 3 is 2.28 bits per heavy atom. The van der Waals surface area contributed by atoms with Crippen molar-refractivity contribution in [2.45, 2.75) is 104 Å². The molecule has 9 rings (SSSR count). The van der Waals surface area contributed by atoms with Crippen LogP contribution in [0.15, 0.2) is 47.5 Å². The van der Waals surface area contributed by atoms with Crippen molar-refractivity contribution in [3.63, 3.8) is 0 Å². The number of nitrogen functional groups attached to an aromatic ring is 1. The Hall–Kier alpha value is -5.89. The number of nitrogens with zero attached hydrogens (tertiary/aromatic N) is 6. The summed E-state index contributed by atoms with van der Waals surface area (Å²) < 4.78 is 55.4. The molecule has 3 amide bonds. The van der Waals surface area contributed by atoms with Crippen LogP contribution >= 0.6 is 62.0 Å². The van der Waals surface area contributed by atoms with Gasteiger partial charge in [0.05, 0.1) is 50.9 Å². The number of likely N-dealkylation sites (N-methyl/N-ethyl adjacent to an activating group) is 2. The zero-order valence-corrected chi connectivity index (χ0v) is 53.3. The quantitative estimate of drug-likeness (QED) is 0.0159. The number of aryl methyl sites for hydroxylation is 1. The summed E-state index contributed by atoms with van der Waals surface area (Å²) in [6.07, 6.45) is -1.99. The number of benzene rings is 3. The van der Waals surface area contributed by atoms with Gasteiger partial charge in [0.25, 0.3) is 17.4 Å². The number of amides is 3. The van der Waals surface area contributed by atoms with Gasteiger partial charge in [-0.2, -0.15) is 4.31 Å². The van der Waals surface area contributed by atoms with Gasteiger partial charge in [0.1, 0.15) is 24.1 Å². The number of fused-ring (bicyclic) bond motifs is 5. The Kier molecular flexibility index (Phi) is 18.2. The van der Waals surface area contributed by atoms with Crippen LogP contribution in [0.2, 0.25) is 20.1 Å². The number of ether oxygens (including phenoxy) is 3. The molecule has 1 saturated heterocycles. The van der Waals surface area contributed by atoms with Crippen LogP contribution in [0.4, 0.5) is 16.4 Å². The fraction of sp³-hybridized carbons (Fsp3) is 0.436. The second-order valence-electron chi connectivity index (χ2n) is 22.3. The van der Waals surface area contributed by atoms with E-state index in [0.29, 0.717) is 40.9 Å². The van der Waals surface area contributed by atoms with Gasteiger partial charge in [-0.15, -0.1) is 0 Å². The van der Waals surface area contributed by atoms with Gasteiger partial charge < -0.3 is 60.2 Å². The minimum atomic E-state index is -5.54. The van der Waals surface area contributed by atoms with Crippen molar-refractivity contribution in [3.8, 4) is 11.5 Å². The van der Waals surface area contributed by atoms with Crippen LogP contribution in [0.3, 0.4) is 0 Å². The number of anilines is 2. The number of carbonyl (C=O) groups excluding carboxylic acids is 3. The van der Waals surface area contributed by atoms with E-state index in [1.807, 2.05) is 12.1 Å². The molecule has 86 heavy (non-hydrogen) atoms. The second-order valence-corrected chi connectivity index (χ2v) is 26.6. The molecule has 0 bridgehead atoms. The fourth-order valence-corrected chi connectivity index (χ4v) is 14.6. The monoisotopic (exact) mass is 1310 g/mol. The molecule has 31 heteroatoms. The number of aromatic nitrogens is 4. The van der Waals surface area contributed by atoms with Crippen molar-refractivity contribution in [1.29, 1.82) is 0 Å². The number of nitrogens with two attached hydrogens (primary N) is 1. The molecule has 3 aromatic carbocycles. The first-order chi connectivity index (χ1) is 40.2. The van der Waals surface area contributed by atoms with E-state index in [2.05, 4.69) is 114 Å². The summed E-state index contributed by atoms with van der Waals surface area (Å²) in [6.45, 7) is 17.0. The number of aliphatic hydroxyl groups excluding tert-OH is 1. The average molecular weight is 1310 g/mol. The summed E-state index contributed by atoms with van der Waals surface area (Å²) >= 11 is 28.3. The molecule has 4 aliphatic heterocycles. The number of H-pyrrole nitrogens is 1. The summed E-state index contributed by atoms with van der Waals surface area (Å²) in [5.74, 6) is -0.271. The van der Waals surface area contributed by atoms with Crippen molar-refractivity contribution in [1.82, 2.24) is 34.6 Å². The Bertz CT molecular complexity index is 4040. The van der Waals surface area contributed by atoms with Crippen LogP contribution in [0.1, 0.15) is 107 Å². The number of halogens is 4. The number of aromatic amines is 1. The van der Waals surface area contributed by atoms with Crippen LogP contribution < -0.4 is 51.3 Å². The smallest absolute Gasteiger partial charge is 0.456 e. The van der Waals surface area contributed by atoms with Crippen molar-refractivity contribution in [2.75, 3.05) is 57.0 Å². The lowest BCUT2D eigenvalue weighted by Gasteiger charge is -2.43. The first-order valence-corrected chi connectivity index (χ1v) is 31.8. The molecule has 6 heterocycles. The van der Waals surface area contributed by atoms with Gasteiger partial charge in [0.15, 0.2) is 24.1 Å². The number of aliphatic hydroxyl groups is 1. The Morgan fingerprint density at radius 1 is 0.930 bits per heavy atom. The highest BCUT2D eigenvalue weighted by molar-refractivity contribution is 7.60. The van der Waals surface area contributed by atoms with Crippen LogP contribution in [0.25, 0.3) is 27.9 Å². The lowest BCUT2D eigenvalue weighted by atomic mass is 9.83. The molecule has 0 spiro atoms. The SMILES string of the molecule is CCN1c2cc3c(cc2C(C)=CC1(C)C)C(c1c(Cl)c(Cl)c(Cl)c(Cl)c1C(=O)N(C)CCCC(=O)NCCNC(=O)O[C@H]1[C@@H](O)[C@H]([n+]2cn(C)c4c(=O)[nH]c(N)nc42)O[C@@H]1COP(=O)(O)OP(=O)(O)O)=c1cc2c(cc1O3)=[N+](CC)C(C)(C)C=C2C. The lowest BCUT2D eigenvalue weighted by molar-refractivity contribution is -0.745. The van der Waals surface area contributed by atoms with E-state index < -0.39 is 70.3 Å². The number of hydrogen-bond acceptors (Lipinski definition) is 15. The minimum Gasteiger partial charge on any atom is -0.456 e. The summed E-state index contributed by atoms with van der Waals surface area (Å²) in [5.41, 5.74) is 10.8. The maximum atomic E-state index is 15.1. The minimum absolute atomic E-state index is 0.00317. The fourth-order valence-electron chi connectivity index (χ4n) is 11.9. The van der Waals surface area contributed by atoms with Gasteiger partial charge >= 0.3 is 27.4 Å². The van der Waals surface area contributed by atoms with Crippen LogP contribution in [0.5, 0.6) is 11.5 Å². The number of rotatable bonds is 18. The lowest BCUT2D eigenvalue weighted by Crippen LogP contribution is -2.49. The Labute approximate surface area is 513 Å².